The molecule has 0 saturated heterocycles. The lowest BCUT2D eigenvalue weighted by molar-refractivity contribution is -0.137. The number of ether oxygens (including phenoxy) is 1. The Morgan fingerprint density at radius 2 is 1.74 bits per heavy atom. The molecule has 1 aliphatic carbocycles. The van der Waals surface area contributed by atoms with Crippen LogP contribution in [0.15, 0.2) is 29.2 Å². The Morgan fingerprint density at radius 1 is 1.13 bits per heavy atom. The minimum atomic E-state index is -4.49. The summed E-state index contributed by atoms with van der Waals surface area (Å²) in [7, 11) is -0.675. The second kappa shape index (κ2) is 11.3. The van der Waals surface area contributed by atoms with Crippen molar-refractivity contribution in [2.75, 3.05) is 40.4 Å². The summed E-state index contributed by atoms with van der Waals surface area (Å²) in [5, 5.41) is 0. The predicted octanol–water partition coefficient (Wildman–Crippen LogP) is 3.86. The number of benzene rings is 1. The van der Waals surface area contributed by atoms with E-state index in [0.717, 1.165) is 50.2 Å². The number of alkyl halides is 3. The SMILES string of the molecule is CCN(CC#C[C@H]1CC[C@H](N(C)S(=O)(=O)c2ccc(C(F)(F)F)cc2)CC1)CCOC. The number of hydrogen-bond donors (Lipinski definition) is 0. The zero-order chi connectivity index (χ0) is 23.1. The Labute approximate surface area is 183 Å². The number of likely N-dealkylation sites (N-methyl/N-ethyl adjacent to an activating group) is 1. The first-order valence-electron chi connectivity index (χ1n) is 10.4. The molecule has 0 aromatic heterocycles. The van der Waals surface area contributed by atoms with Gasteiger partial charge >= 0.3 is 6.18 Å². The number of methoxy groups -OCH3 is 1. The van der Waals surface area contributed by atoms with E-state index >= 15 is 0 Å². The van der Waals surface area contributed by atoms with Crippen LogP contribution in [0, 0.1) is 17.8 Å². The molecule has 1 fully saturated rings. The third-order valence-electron chi connectivity index (χ3n) is 5.74. The standard InChI is InChI=1S/C22H31F3N2O3S/c1-4-27(16-17-30-3)15-5-6-18-7-11-20(12-8-18)26(2)31(28,29)21-13-9-19(10-14-21)22(23,24)25/h9-10,13-14,18,20H,4,7-8,11-12,15-17H2,1-3H3/t18-,20-. The molecule has 1 aliphatic rings. The number of halogens is 3. The molecule has 1 saturated carbocycles. The van der Waals surface area contributed by atoms with Crippen LogP contribution in [0.2, 0.25) is 0 Å². The van der Waals surface area contributed by atoms with Crippen molar-refractivity contribution in [3.05, 3.63) is 29.8 Å². The lowest BCUT2D eigenvalue weighted by atomic mass is 9.86. The molecule has 0 aliphatic heterocycles. The van der Waals surface area contributed by atoms with Crippen molar-refractivity contribution < 1.29 is 26.3 Å². The van der Waals surface area contributed by atoms with Gasteiger partial charge in [-0.05, 0) is 56.5 Å². The number of rotatable bonds is 8. The summed E-state index contributed by atoms with van der Waals surface area (Å²) in [5.74, 6) is 6.77. The molecule has 0 N–H and O–H groups in total. The fourth-order valence-electron chi connectivity index (χ4n) is 3.63. The van der Waals surface area contributed by atoms with Crippen LogP contribution < -0.4 is 0 Å². The van der Waals surface area contributed by atoms with Gasteiger partial charge in [0.1, 0.15) is 0 Å². The molecule has 174 valence electrons. The van der Waals surface area contributed by atoms with E-state index in [2.05, 4.69) is 23.7 Å². The minimum Gasteiger partial charge on any atom is -0.383 e. The monoisotopic (exact) mass is 460 g/mol. The summed E-state index contributed by atoms with van der Waals surface area (Å²) in [6.45, 7) is 5.16. The van der Waals surface area contributed by atoms with Crippen molar-refractivity contribution >= 4 is 10.0 Å². The molecule has 0 amide bonds. The highest BCUT2D eigenvalue weighted by Gasteiger charge is 2.33. The second-order valence-electron chi connectivity index (χ2n) is 7.73. The van der Waals surface area contributed by atoms with E-state index in [9.17, 15) is 21.6 Å². The average Bonchev–Trinajstić information content (AvgIpc) is 2.75. The smallest absolute Gasteiger partial charge is 0.383 e. The maximum atomic E-state index is 12.8. The van der Waals surface area contributed by atoms with Gasteiger partial charge in [-0.15, -0.1) is 0 Å². The molecule has 0 unspecified atom stereocenters. The molecule has 0 atom stereocenters. The van der Waals surface area contributed by atoms with Crippen molar-refractivity contribution in [1.29, 1.82) is 0 Å². The van der Waals surface area contributed by atoms with E-state index in [0.29, 0.717) is 26.0 Å². The highest BCUT2D eigenvalue weighted by Crippen LogP contribution is 2.32. The molecule has 31 heavy (non-hydrogen) atoms. The maximum Gasteiger partial charge on any atom is 0.416 e. The predicted molar refractivity (Wildman–Crippen MR) is 114 cm³/mol. The quantitative estimate of drug-likeness (QED) is 0.553. The van der Waals surface area contributed by atoms with Crippen LogP contribution in [0.3, 0.4) is 0 Å². The lowest BCUT2D eigenvalue weighted by Crippen LogP contribution is -2.39. The summed E-state index contributed by atoms with van der Waals surface area (Å²) >= 11 is 0. The molecule has 1 aromatic rings. The Hall–Kier alpha value is -1.60. The van der Waals surface area contributed by atoms with Gasteiger partial charge in [0.15, 0.2) is 0 Å². The first-order valence-corrected chi connectivity index (χ1v) is 11.9. The maximum absolute atomic E-state index is 12.8. The third-order valence-corrected chi connectivity index (χ3v) is 7.66. The second-order valence-corrected chi connectivity index (χ2v) is 9.73. The van der Waals surface area contributed by atoms with Gasteiger partial charge in [0.2, 0.25) is 10.0 Å². The summed E-state index contributed by atoms with van der Waals surface area (Å²) in [6.07, 6.45) is -1.54. The average molecular weight is 461 g/mol. The first-order chi connectivity index (χ1) is 14.6. The van der Waals surface area contributed by atoms with Gasteiger partial charge in [-0.1, -0.05) is 18.8 Å². The fraction of sp³-hybridized carbons (Fsp3) is 0.636. The molecule has 5 nitrogen and oxygen atoms in total. The Morgan fingerprint density at radius 3 is 2.26 bits per heavy atom. The normalized spacial score (nSPS) is 20.0. The van der Waals surface area contributed by atoms with E-state index in [4.69, 9.17) is 4.74 Å². The van der Waals surface area contributed by atoms with Crippen LogP contribution in [0.25, 0.3) is 0 Å². The Kier molecular flexibility index (Phi) is 9.37. The first kappa shape index (κ1) is 25.7. The van der Waals surface area contributed by atoms with Gasteiger partial charge in [-0.2, -0.15) is 17.5 Å². The number of nitrogens with zero attached hydrogens (tertiary/aromatic N) is 2. The number of sulfonamides is 1. The van der Waals surface area contributed by atoms with E-state index < -0.39 is 21.8 Å². The molecular formula is C22H31F3N2O3S. The molecule has 0 heterocycles. The molecule has 0 radical (unpaired) electrons. The summed E-state index contributed by atoms with van der Waals surface area (Å²) in [4.78, 5) is 2.08. The van der Waals surface area contributed by atoms with Crippen LogP contribution in [-0.2, 0) is 20.9 Å². The largest absolute Gasteiger partial charge is 0.416 e. The van der Waals surface area contributed by atoms with E-state index in [1.54, 1.807) is 7.11 Å². The zero-order valence-corrected chi connectivity index (χ0v) is 19.1. The van der Waals surface area contributed by atoms with Crippen molar-refractivity contribution in [1.82, 2.24) is 9.21 Å². The molecule has 0 spiro atoms. The van der Waals surface area contributed by atoms with Gasteiger partial charge in [-0.3, -0.25) is 4.90 Å². The highest BCUT2D eigenvalue weighted by atomic mass is 32.2. The third kappa shape index (κ3) is 7.21. The summed E-state index contributed by atoms with van der Waals surface area (Å²) in [6, 6.07) is 3.47. The fourth-order valence-corrected chi connectivity index (χ4v) is 5.05. The molecule has 0 bridgehead atoms. The van der Waals surface area contributed by atoms with Crippen LogP contribution >= 0.6 is 0 Å². The van der Waals surface area contributed by atoms with Crippen molar-refractivity contribution in [2.45, 2.75) is 49.7 Å². The van der Waals surface area contributed by atoms with Gasteiger partial charge < -0.3 is 4.74 Å². The van der Waals surface area contributed by atoms with Crippen molar-refractivity contribution in [2.24, 2.45) is 5.92 Å². The minimum absolute atomic E-state index is 0.124. The van der Waals surface area contributed by atoms with Gasteiger partial charge in [0.05, 0.1) is 23.6 Å². The summed E-state index contributed by atoms with van der Waals surface area (Å²) < 4.78 is 70.3. The number of hydrogen-bond acceptors (Lipinski definition) is 4. The molecule has 9 heteroatoms. The Balaban J connectivity index is 1.92. The molecule has 1 aromatic carbocycles. The molecule has 2 rings (SSSR count). The molecular weight excluding hydrogens is 429 g/mol. The van der Waals surface area contributed by atoms with Gasteiger partial charge in [0, 0.05) is 32.7 Å². The zero-order valence-electron chi connectivity index (χ0n) is 18.3. The van der Waals surface area contributed by atoms with Crippen LogP contribution in [0.1, 0.15) is 38.2 Å². The van der Waals surface area contributed by atoms with E-state index in [1.165, 1.54) is 11.4 Å². The Bertz CT molecular complexity index is 853. The van der Waals surface area contributed by atoms with Crippen molar-refractivity contribution in [3.8, 4) is 11.8 Å². The van der Waals surface area contributed by atoms with Crippen molar-refractivity contribution in [3.63, 3.8) is 0 Å². The van der Waals surface area contributed by atoms with Crippen LogP contribution in [-0.4, -0.2) is 64.1 Å². The topological polar surface area (TPSA) is 49.9 Å². The van der Waals surface area contributed by atoms with Crippen LogP contribution in [0.5, 0.6) is 0 Å². The van der Waals surface area contributed by atoms with E-state index in [1.807, 2.05) is 0 Å². The van der Waals surface area contributed by atoms with Gasteiger partial charge in [0.25, 0.3) is 0 Å². The van der Waals surface area contributed by atoms with Crippen LogP contribution in [0.4, 0.5) is 13.2 Å². The lowest BCUT2D eigenvalue weighted by Gasteiger charge is -2.32. The highest BCUT2D eigenvalue weighted by molar-refractivity contribution is 7.89. The summed E-state index contributed by atoms with van der Waals surface area (Å²) in [5.41, 5.74) is -0.864. The van der Waals surface area contributed by atoms with Gasteiger partial charge in [-0.25, -0.2) is 8.42 Å². The van der Waals surface area contributed by atoms with E-state index in [-0.39, 0.29) is 16.9 Å².